The van der Waals surface area contributed by atoms with Crippen LogP contribution in [0.25, 0.3) is 0 Å². The molecule has 0 aromatic heterocycles. The first-order valence-corrected chi connectivity index (χ1v) is 9.90. The summed E-state index contributed by atoms with van der Waals surface area (Å²) in [6.45, 7) is 0. The molecule has 1 N–H and O–H groups in total. The Morgan fingerprint density at radius 1 is 1.05 bits per heavy atom. The highest BCUT2D eigenvalue weighted by atomic mass is 35.5. The lowest BCUT2D eigenvalue weighted by Gasteiger charge is -2.29. The van der Waals surface area contributed by atoms with Crippen LogP contribution >= 0.6 is 11.6 Å². The summed E-state index contributed by atoms with van der Waals surface area (Å²) >= 11 is 5.58. The van der Waals surface area contributed by atoms with E-state index in [0.717, 1.165) is 32.1 Å². The Labute approximate surface area is 133 Å². The smallest absolute Gasteiger partial charge is 0.211 e. The van der Waals surface area contributed by atoms with Gasteiger partial charge >= 0.3 is 0 Å². The fourth-order valence-corrected chi connectivity index (χ4v) is 4.60. The third kappa shape index (κ3) is 5.61. The van der Waals surface area contributed by atoms with E-state index in [-0.39, 0.29) is 11.8 Å². The molecule has 0 amide bonds. The Balaban J connectivity index is 1.79. The Kier molecular flexibility index (Phi) is 6.52. The number of nitrogens with one attached hydrogen (secondary N) is 1. The Bertz CT molecular complexity index is 510. The van der Waals surface area contributed by atoms with Gasteiger partial charge in [-0.15, -0.1) is 11.6 Å². The molecule has 1 aromatic carbocycles. The molecule has 3 nitrogen and oxygen atoms in total. The fourth-order valence-electron chi connectivity index (χ4n) is 2.97. The highest BCUT2D eigenvalue weighted by Crippen LogP contribution is 2.32. The van der Waals surface area contributed by atoms with Crippen molar-refractivity contribution in [2.75, 3.05) is 11.6 Å². The van der Waals surface area contributed by atoms with Crippen molar-refractivity contribution in [1.29, 1.82) is 0 Å². The minimum absolute atomic E-state index is 0.103. The summed E-state index contributed by atoms with van der Waals surface area (Å²) in [5, 5.41) is 0. The number of benzene rings is 1. The van der Waals surface area contributed by atoms with E-state index >= 15 is 0 Å². The number of hydrogen-bond donors (Lipinski definition) is 1. The average Bonchev–Trinajstić information content (AvgIpc) is 2.49. The van der Waals surface area contributed by atoms with Gasteiger partial charge in [-0.05, 0) is 50.0 Å². The lowest BCUT2D eigenvalue weighted by atomic mass is 9.82. The maximum absolute atomic E-state index is 12.0. The molecule has 0 unspecified atom stereocenters. The predicted octanol–water partition coefficient (Wildman–Crippen LogP) is 3.65. The maximum atomic E-state index is 12.0. The van der Waals surface area contributed by atoms with Gasteiger partial charge in [-0.3, -0.25) is 0 Å². The van der Waals surface area contributed by atoms with Crippen LogP contribution in [0.1, 0.15) is 50.0 Å². The quantitative estimate of drug-likeness (QED) is 0.613. The van der Waals surface area contributed by atoms with E-state index < -0.39 is 10.0 Å². The van der Waals surface area contributed by atoms with Gasteiger partial charge in [-0.2, -0.15) is 0 Å². The predicted molar refractivity (Wildman–Crippen MR) is 88.3 cm³/mol. The Morgan fingerprint density at radius 2 is 1.71 bits per heavy atom. The summed E-state index contributed by atoms with van der Waals surface area (Å²) in [5.74, 6) is 1.29. The van der Waals surface area contributed by atoms with Gasteiger partial charge < -0.3 is 0 Å². The Hall–Kier alpha value is -0.580. The van der Waals surface area contributed by atoms with Crippen molar-refractivity contribution >= 4 is 21.6 Å². The second-order valence-corrected chi connectivity index (χ2v) is 8.04. The lowest BCUT2D eigenvalue weighted by molar-refractivity contribution is 0.374. The Morgan fingerprint density at radius 3 is 2.33 bits per heavy atom. The summed E-state index contributed by atoms with van der Waals surface area (Å²) in [5.41, 5.74) is 1.38. The van der Waals surface area contributed by atoms with E-state index in [1.54, 1.807) is 0 Å². The van der Waals surface area contributed by atoms with Crippen molar-refractivity contribution in [1.82, 2.24) is 4.72 Å². The van der Waals surface area contributed by atoms with Crippen LogP contribution in [0.2, 0.25) is 0 Å². The summed E-state index contributed by atoms with van der Waals surface area (Å²) in [6, 6.07) is 10.6. The number of unbranched alkanes of at least 4 members (excludes halogenated alkanes) is 1. The number of halogens is 1. The number of rotatable bonds is 7. The minimum Gasteiger partial charge on any atom is -0.212 e. The molecule has 1 fully saturated rings. The zero-order valence-electron chi connectivity index (χ0n) is 12.3. The summed E-state index contributed by atoms with van der Waals surface area (Å²) < 4.78 is 26.8. The van der Waals surface area contributed by atoms with Crippen molar-refractivity contribution in [3.63, 3.8) is 0 Å². The van der Waals surface area contributed by atoms with Gasteiger partial charge in [0.1, 0.15) is 0 Å². The van der Waals surface area contributed by atoms with Crippen LogP contribution in [0, 0.1) is 0 Å². The molecule has 0 heterocycles. The molecule has 0 radical (unpaired) electrons. The van der Waals surface area contributed by atoms with Crippen molar-refractivity contribution in [2.45, 2.75) is 50.5 Å². The van der Waals surface area contributed by atoms with Gasteiger partial charge in [0.2, 0.25) is 10.0 Å². The zero-order chi connectivity index (χ0) is 15.1. The van der Waals surface area contributed by atoms with Gasteiger partial charge in [0.05, 0.1) is 5.75 Å². The lowest BCUT2D eigenvalue weighted by Crippen LogP contribution is -2.38. The molecular weight excluding hydrogens is 306 g/mol. The molecule has 118 valence electrons. The number of sulfonamides is 1. The topological polar surface area (TPSA) is 46.2 Å². The molecule has 2 rings (SSSR count). The second kappa shape index (κ2) is 8.16. The summed E-state index contributed by atoms with van der Waals surface area (Å²) in [4.78, 5) is 0. The van der Waals surface area contributed by atoms with Crippen LogP contribution < -0.4 is 4.72 Å². The molecule has 0 saturated heterocycles. The number of hydrogen-bond acceptors (Lipinski definition) is 2. The first-order chi connectivity index (χ1) is 10.1. The van der Waals surface area contributed by atoms with E-state index in [2.05, 4.69) is 29.0 Å². The highest BCUT2D eigenvalue weighted by Gasteiger charge is 2.25. The van der Waals surface area contributed by atoms with Crippen molar-refractivity contribution in [2.24, 2.45) is 0 Å². The van der Waals surface area contributed by atoms with Crippen LogP contribution in [0.5, 0.6) is 0 Å². The van der Waals surface area contributed by atoms with E-state index in [1.807, 2.05) is 6.07 Å². The molecule has 5 heteroatoms. The standard InChI is InChI=1S/C16H24ClNO2S/c17-12-4-5-13-21(19,20)18-16-10-8-15(9-11-16)14-6-2-1-3-7-14/h1-3,6-7,15-16,18H,4-5,8-13H2. The minimum atomic E-state index is -3.14. The molecule has 1 aliphatic rings. The second-order valence-electron chi connectivity index (χ2n) is 5.79. The molecule has 0 atom stereocenters. The molecule has 1 aromatic rings. The van der Waals surface area contributed by atoms with Crippen LogP contribution in [0.3, 0.4) is 0 Å². The van der Waals surface area contributed by atoms with Gasteiger partial charge in [0.25, 0.3) is 0 Å². The van der Waals surface area contributed by atoms with Crippen LogP contribution in [-0.4, -0.2) is 26.1 Å². The van der Waals surface area contributed by atoms with Crippen molar-refractivity contribution < 1.29 is 8.42 Å². The zero-order valence-corrected chi connectivity index (χ0v) is 13.9. The molecule has 0 bridgehead atoms. The van der Waals surface area contributed by atoms with E-state index in [0.29, 0.717) is 18.2 Å². The van der Waals surface area contributed by atoms with Crippen molar-refractivity contribution in [3.05, 3.63) is 35.9 Å². The molecule has 0 aliphatic heterocycles. The van der Waals surface area contributed by atoms with Crippen molar-refractivity contribution in [3.8, 4) is 0 Å². The van der Waals surface area contributed by atoms with Crippen LogP contribution in [0.4, 0.5) is 0 Å². The summed E-state index contributed by atoms with van der Waals surface area (Å²) in [7, 11) is -3.14. The third-order valence-electron chi connectivity index (χ3n) is 4.14. The van der Waals surface area contributed by atoms with Gasteiger partial charge in [-0.25, -0.2) is 13.1 Å². The largest absolute Gasteiger partial charge is 0.212 e. The molecular formula is C16H24ClNO2S. The monoisotopic (exact) mass is 329 g/mol. The molecule has 0 spiro atoms. The van der Waals surface area contributed by atoms with Gasteiger partial charge in [0.15, 0.2) is 0 Å². The highest BCUT2D eigenvalue weighted by molar-refractivity contribution is 7.89. The normalized spacial score (nSPS) is 23.1. The molecule has 1 saturated carbocycles. The average molecular weight is 330 g/mol. The van der Waals surface area contributed by atoms with Crippen LogP contribution in [0.15, 0.2) is 30.3 Å². The van der Waals surface area contributed by atoms with Crippen LogP contribution in [-0.2, 0) is 10.0 Å². The van der Waals surface area contributed by atoms with Gasteiger partial charge in [-0.1, -0.05) is 30.3 Å². The first kappa shape index (κ1) is 16.8. The van der Waals surface area contributed by atoms with Gasteiger partial charge in [0, 0.05) is 11.9 Å². The maximum Gasteiger partial charge on any atom is 0.211 e. The third-order valence-corrected chi connectivity index (χ3v) is 5.93. The summed E-state index contributed by atoms with van der Waals surface area (Å²) in [6.07, 6.45) is 5.35. The SMILES string of the molecule is O=S(=O)(CCCCCl)NC1CCC(c2ccccc2)CC1. The van der Waals surface area contributed by atoms with E-state index in [9.17, 15) is 8.42 Å². The van der Waals surface area contributed by atoms with E-state index in [1.165, 1.54) is 5.56 Å². The first-order valence-electron chi connectivity index (χ1n) is 7.71. The fraction of sp³-hybridized carbons (Fsp3) is 0.625. The molecule has 1 aliphatic carbocycles. The molecule has 21 heavy (non-hydrogen) atoms. The van der Waals surface area contributed by atoms with E-state index in [4.69, 9.17) is 11.6 Å². The number of alkyl halides is 1.